The predicted molar refractivity (Wildman–Crippen MR) is 78.8 cm³/mol. The Morgan fingerprint density at radius 2 is 2.15 bits per heavy atom. The Kier molecular flexibility index (Phi) is 5.12. The van der Waals surface area contributed by atoms with Crippen LogP contribution in [0.5, 0.6) is 0 Å². The lowest BCUT2D eigenvalue weighted by atomic mass is 9.85. The van der Waals surface area contributed by atoms with Crippen LogP contribution in [0, 0.1) is 5.92 Å². The highest BCUT2D eigenvalue weighted by atomic mass is 32.2. The number of sulfonamides is 1. The molecule has 1 N–H and O–H groups in total. The molecule has 112 valence electrons. The zero-order chi connectivity index (χ0) is 14.6. The van der Waals surface area contributed by atoms with Crippen molar-refractivity contribution in [2.24, 2.45) is 5.92 Å². The van der Waals surface area contributed by atoms with Gasteiger partial charge in [-0.1, -0.05) is 19.4 Å². The van der Waals surface area contributed by atoms with Crippen LogP contribution in [-0.2, 0) is 16.6 Å². The molecule has 1 aliphatic rings. The average molecular weight is 297 g/mol. The number of nitrogens with zero attached hydrogens (tertiary/aromatic N) is 2. The van der Waals surface area contributed by atoms with Crippen molar-refractivity contribution in [3.05, 3.63) is 23.9 Å². The molecule has 1 saturated carbocycles. The third-order valence-electron chi connectivity index (χ3n) is 3.82. The number of hydrogen-bond acceptors (Lipinski definition) is 4. The van der Waals surface area contributed by atoms with Crippen molar-refractivity contribution in [1.82, 2.24) is 14.6 Å². The summed E-state index contributed by atoms with van der Waals surface area (Å²) in [6.07, 6.45) is 5.13. The summed E-state index contributed by atoms with van der Waals surface area (Å²) in [6, 6.07) is 3.42. The van der Waals surface area contributed by atoms with Gasteiger partial charge in [0.25, 0.3) is 10.0 Å². The summed E-state index contributed by atoms with van der Waals surface area (Å²) in [5.74, 6) is 0.522. The molecule has 1 aliphatic carbocycles. The monoisotopic (exact) mass is 297 g/mol. The van der Waals surface area contributed by atoms with Gasteiger partial charge in [-0.05, 0) is 37.4 Å². The summed E-state index contributed by atoms with van der Waals surface area (Å²) in [5, 5.41) is 3.17. The van der Waals surface area contributed by atoms with Crippen LogP contribution in [0.1, 0.15) is 31.7 Å². The minimum absolute atomic E-state index is 0.151. The van der Waals surface area contributed by atoms with Gasteiger partial charge in [0.05, 0.1) is 0 Å². The van der Waals surface area contributed by atoms with Crippen LogP contribution < -0.4 is 5.32 Å². The van der Waals surface area contributed by atoms with Gasteiger partial charge in [-0.15, -0.1) is 0 Å². The number of rotatable bonds is 7. The van der Waals surface area contributed by atoms with Crippen LogP contribution in [0.25, 0.3) is 0 Å². The van der Waals surface area contributed by atoms with E-state index in [4.69, 9.17) is 0 Å². The molecule has 0 saturated heterocycles. The van der Waals surface area contributed by atoms with Gasteiger partial charge in [0, 0.05) is 25.8 Å². The molecule has 0 unspecified atom stereocenters. The summed E-state index contributed by atoms with van der Waals surface area (Å²) >= 11 is 0. The highest BCUT2D eigenvalue weighted by Gasteiger charge is 2.29. The molecule has 6 heteroatoms. The highest BCUT2D eigenvalue weighted by Crippen LogP contribution is 2.28. The Labute approximate surface area is 121 Å². The number of hydrogen-bond donors (Lipinski definition) is 1. The molecule has 0 bridgehead atoms. The van der Waals surface area contributed by atoms with E-state index < -0.39 is 10.0 Å². The Morgan fingerprint density at radius 1 is 1.40 bits per heavy atom. The summed E-state index contributed by atoms with van der Waals surface area (Å²) in [5.41, 5.74) is 0.980. The first kappa shape index (κ1) is 15.4. The fraction of sp³-hybridized carbons (Fsp3) is 0.643. The summed E-state index contributed by atoms with van der Waals surface area (Å²) < 4.78 is 26.7. The van der Waals surface area contributed by atoms with Crippen molar-refractivity contribution in [3.63, 3.8) is 0 Å². The quantitative estimate of drug-likeness (QED) is 0.830. The maximum atomic E-state index is 12.6. The van der Waals surface area contributed by atoms with E-state index in [1.165, 1.54) is 6.42 Å². The first-order chi connectivity index (χ1) is 9.57. The lowest BCUT2D eigenvalue weighted by Gasteiger charge is -2.30. The van der Waals surface area contributed by atoms with Crippen molar-refractivity contribution >= 4 is 10.0 Å². The third-order valence-corrected chi connectivity index (χ3v) is 5.68. The van der Waals surface area contributed by atoms with Gasteiger partial charge in [0.1, 0.15) is 0 Å². The third kappa shape index (κ3) is 3.37. The molecule has 1 fully saturated rings. The van der Waals surface area contributed by atoms with Crippen LogP contribution >= 0.6 is 0 Å². The molecule has 0 amide bonds. The maximum absolute atomic E-state index is 12.6. The molecule has 1 heterocycles. The largest absolute Gasteiger partial charge is 0.316 e. The second-order valence-electron chi connectivity index (χ2n) is 5.29. The van der Waals surface area contributed by atoms with Crippen molar-refractivity contribution in [2.45, 2.75) is 37.8 Å². The van der Waals surface area contributed by atoms with Crippen LogP contribution in [0.2, 0.25) is 0 Å². The average Bonchev–Trinajstić information content (AvgIpc) is 2.38. The molecular weight excluding hydrogens is 274 g/mol. The maximum Gasteiger partial charge on any atom is 0.260 e. The summed E-state index contributed by atoms with van der Waals surface area (Å²) in [4.78, 5) is 4.12. The van der Waals surface area contributed by atoms with E-state index in [1.54, 1.807) is 16.6 Å². The second kappa shape index (κ2) is 6.65. The molecule has 1 aromatic rings. The number of nitrogens with one attached hydrogen (secondary N) is 1. The zero-order valence-electron chi connectivity index (χ0n) is 12.2. The minimum atomic E-state index is -3.45. The SMILES string of the molecule is CCN(CC1CCC1)S(=O)(=O)c1ccc(CNC)cn1. The van der Waals surface area contributed by atoms with E-state index in [2.05, 4.69) is 10.3 Å². The lowest BCUT2D eigenvalue weighted by Crippen LogP contribution is -2.37. The molecule has 0 aromatic carbocycles. The standard InChI is InChI=1S/C14H23N3O2S/c1-3-17(11-12-5-4-6-12)20(18,19)14-8-7-13(9-15-2)10-16-14/h7-8,10,12,15H,3-6,9,11H2,1-2H3. The second-order valence-corrected chi connectivity index (χ2v) is 7.17. The summed E-state index contributed by atoms with van der Waals surface area (Å²) in [7, 11) is -1.60. The van der Waals surface area contributed by atoms with Crippen molar-refractivity contribution in [1.29, 1.82) is 0 Å². The van der Waals surface area contributed by atoms with E-state index in [1.807, 2.05) is 20.0 Å². The first-order valence-electron chi connectivity index (χ1n) is 7.17. The Morgan fingerprint density at radius 3 is 2.60 bits per heavy atom. The lowest BCUT2D eigenvalue weighted by molar-refractivity contribution is 0.249. The molecule has 20 heavy (non-hydrogen) atoms. The van der Waals surface area contributed by atoms with Gasteiger partial charge < -0.3 is 5.32 Å². The topological polar surface area (TPSA) is 62.3 Å². The summed E-state index contributed by atoms with van der Waals surface area (Å²) in [6.45, 7) is 3.69. The predicted octanol–water partition coefficient (Wildman–Crippen LogP) is 1.61. The van der Waals surface area contributed by atoms with Gasteiger partial charge in [-0.3, -0.25) is 0 Å². The van der Waals surface area contributed by atoms with E-state index in [9.17, 15) is 8.42 Å². The minimum Gasteiger partial charge on any atom is -0.316 e. The highest BCUT2D eigenvalue weighted by molar-refractivity contribution is 7.89. The zero-order valence-corrected chi connectivity index (χ0v) is 13.0. The number of pyridine rings is 1. The van der Waals surface area contributed by atoms with Gasteiger partial charge >= 0.3 is 0 Å². The normalized spacial score (nSPS) is 16.4. The molecule has 1 aromatic heterocycles. The molecule has 0 radical (unpaired) electrons. The van der Waals surface area contributed by atoms with E-state index in [0.717, 1.165) is 18.4 Å². The van der Waals surface area contributed by atoms with E-state index in [-0.39, 0.29) is 5.03 Å². The van der Waals surface area contributed by atoms with Crippen molar-refractivity contribution < 1.29 is 8.42 Å². The molecular formula is C14H23N3O2S. The van der Waals surface area contributed by atoms with Crippen LogP contribution in [0.4, 0.5) is 0 Å². The van der Waals surface area contributed by atoms with Crippen molar-refractivity contribution in [2.75, 3.05) is 20.1 Å². The van der Waals surface area contributed by atoms with Crippen LogP contribution in [-0.4, -0.2) is 37.8 Å². The van der Waals surface area contributed by atoms with E-state index in [0.29, 0.717) is 25.6 Å². The van der Waals surface area contributed by atoms with Gasteiger partial charge in [0.2, 0.25) is 0 Å². The van der Waals surface area contributed by atoms with Crippen molar-refractivity contribution in [3.8, 4) is 0 Å². The molecule has 2 rings (SSSR count). The molecule has 0 atom stereocenters. The molecule has 0 aliphatic heterocycles. The fourth-order valence-corrected chi connectivity index (χ4v) is 3.80. The molecule has 5 nitrogen and oxygen atoms in total. The van der Waals surface area contributed by atoms with Gasteiger partial charge in [0.15, 0.2) is 5.03 Å². The Bertz CT molecular complexity index is 524. The Balaban J connectivity index is 2.14. The first-order valence-corrected chi connectivity index (χ1v) is 8.61. The van der Waals surface area contributed by atoms with Gasteiger partial charge in [-0.2, -0.15) is 4.31 Å². The van der Waals surface area contributed by atoms with Crippen LogP contribution in [0.3, 0.4) is 0 Å². The van der Waals surface area contributed by atoms with Gasteiger partial charge in [-0.25, -0.2) is 13.4 Å². The smallest absolute Gasteiger partial charge is 0.260 e. The Hall–Kier alpha value is -0.980. The molecule has 0 spiro atoms. The van der Waals surface area contributed by atoms with E-state index >= 15 is 0 Å². The van der Waals surface area contributed by atoms with Crippen LogP contribution in [0.15, 0.2) is 23.4 Å². The number of aromatic nitrogens is 1. The fourth-order valence-electron chi connectivity index (χ4n) is 2.37.